The number of rotatable bonds is 5. The summed E-state index contributed by atoms with van der Waals surface area (Å²) in [5.74, 6) is 0. The largest absolute Gasteiger partial charge is 0.322 e. The normalized spacial score (nSPS) is 11.1. The average Bonchev–Trinajstić information content (AvgIpc) is 2.83. The first-order valence-corrected chi connectivity index (χ1v) is 10.2. The predicted molar refractivity (Wildman–Crippen MR) is 129 cm³/mol. The number of anilines is 1. The van der Waals surface area contributed by atoms with Crippen LogP contribution in [0.5, 0.6) is 0 Å². The molecule has 0 unspecified atom stereocenters. The first-order valence-electron chi connectivity index (χ1n) is 10.2. The van der Waals surface area contributed by atoms with Crippen molar-refractivity contribution in [2.45, 2.75) is 0 Å². The molecule has 0 spiro atoms. The van der Waals surface area contributed by atoms with Gasteiger partial charge in [-0.05, 0) is 42.5 Å². The first-order chi connectivity index (χ1) is 15.7. The number of amides is 2. The third kappa shape index (κ3) is 3.30. The molecule has 0 aliphatic heterocycles. The van der Waals surface area contributed by atoms with Gasteiger partial charge in [0.25, 0.3) is 0 Å². The minimum atomic E-state index is -0.232. The maximum absolute atomic E-state index is 12.6. The van der Waals surface area contributed by atoms with Crippen molar-refractivity contribution >= 4 is 55.6 Å². The molecule has 0 atom stereocenters. The molecule has 2 amide bonds. The van der Waals surface area contributed by atoms with Crippen LogP contribution in [0.25, 0.3) is 43.9 Å². The molecule has 0 aliphatic carbocycles. The van der Waals surface area contributed by atoms with E-state index in [1.165, 1.54) is 0 Å². The molecule has 0 saturated heterocycles. The van der Waals surface area contributed by atoms with Gasteiger partial charge in [-0.3, -0.25) is 9.97 Å². The highest BCUT2D eigenvalue weighted by Crippen LogP contribution is 2.32. The molecule has 3 aromatic heterocycles. The predicted octanol–water partition coefficient (Wildman–Crippen LogP) is 5.09. The van der Waals surface area contributed by atoms with Gasteiger partial charge in [0, 0.05) is 41.9 Å². The van der Waals surface area contributed by atoms with E-state index in [-0.39, 0.29) is 6.03 Å². The number of nitrogens with one attached hydrogen (secondary N) is 1. The summed E-state index contributed by atoms with van der Waals surface area (Å²) in [6.45, 7) is 8.26. The molecule has 5 rings (SSSR count). The second-order valence-corrected chi connectivity index (χ2v) is 7.34. The monoisotopic (exact) mass is 420 g/mol. The second kappa shape index (κ2) is 8.03. The highest BCUT2D eigenvalue weighted by molar-refractivity contribution is 6.21. The fourth-order valence-electron chi connectivity index (χ4n) is 3.83. The van der Waals surface area contributed by atoms with Crippen molar-refractivity contribution in [1.82, 2.24) is 24.8 Å². The van der Waals surface area contributed by atoms with Crippen molar-refractivity contribution in [2.75, 3.05) is 18.4 Å². The molecule has 156 valence electrons. The quantitative estimate of drug-likeness (QED) is 0.243. The number of nitrogens with zero attached hydrogens (tertiary/aromatic N) is 5. The van der Waals surface area contributed by atoms with E-state index in [1.807, 2.05) is 42.5 Å². The number of benzene rings is 2. The summed E-state index contributed by atoms with van der Waals surface area (Å²) >= 11 is 0. The molecular weight excluding hydrogens is 400 g/mol. The molecular formula is C25H20N6O. The van der Waals surface area contributed by atoms with Crippen LogP contribution in [0.1, 0.15) is 0 Å². The molecule has 32 heavy (non-hydrogen) atoms. The van der Waals surface area contributed by atoms with Crippen LogP contribution in [0.2, 0.25) is 0 Å². The zero-order chi connectivity index (χ0) is 22.1. The Hall–Kier alpha value is -4.39. The summed E-state index contributed by atoms with van der Waals surface area (Å²) in [5.41, 5.74) is 5.18. The Labute approximate surface area is 184 Å². The number of urea groups is 1. The van der Waals surface area contributed by atoms with Gasteiger partial charge in [-0.15, -0.1) is 13.2 Å². The van der Waals surface area contributed by atoms with E-state index in [4.69, 9.17) is 9.97 Å². The van der Waals surface area contributed by atoms with E-state index in [2.05, 4.69) is 28.4 Å². The van der Waals surface area contributed by atoms with Crippen molar-refractivity contribution in [3.05, 3.63) is 80.2 Å². The summed E-state index contributed by atoms with van der Waals surface area (Å²) in [6.07, 6.45) is 6.87. The zero-order valence-electron chi connectivity index (χ0n) is 17.3. The van der Waals surface area contributed by atoms with Gasteiger partial charge in [0.2, 0.25) is 0 Å². The summed E-state index contributed by atoms with van der Waals surface area (Å²) in [6, 6.07) is 13.0. The van der Waals surface area contributed by atoms with Crippen molar-refractivity contribution in [3.8, 4) is 0 Å². The number of pyridine rings is 2. The van der Waals surface area contributed by atoms with Crippen LogP contribution in [0.15, 0.2) is 80.2 Å². The molecule has 3 heterocycles. The summed E-state index contributed by atoms with van der Waals surface area (Å²) < 4.78 is 0. The fourth-order valence-corrected chi connectivity index (χ4v) is 3.83. The lowest BCUT2D eigenvalue weighted by Gasteiger charge is -2.20. The van der Waals surface area contributed by atoms with Gasteiger partial charge in [0.05, 0.1) is 33.1 Å². The highest BCUT2D eigenvalue weighted by atomic mass is 16.2. The number of carbonyl (C=O) groups is 1. The molecule has 0 bridgehead atoms. The lowest BCUT2D eigenvalue weighted by molar-refractivity contribution is 0.222. The first kappa shape index (κ1) is 19.6. The smallest absolute Gasteiger partial charge is 0.317 e. The van der Waals surface area contributed by atoms with Gasteiger partial charge in [-0.1, -0.05) is 12.2 Å². The van der Waals surface area contributed by atoms with Crippen LogP contribution < -0.4 is 5.32 Å². The van der Waals surface area contributed by atoms with Crippen molar-refractivity contribution in [1.29, 1.82) is 0 Å². The van der Waals surface area contributed by atoms with E-state index in [0.29, 0.717) is 24.3 Å². The Kier molecular flexibility index (Phi) is 4.91. The summed E-state index contributed by atoms with van der Waals surface area (Å²) in [4.78, 5) is 33.1. The molecule has 0 radical (unpaired) electrons. The van der Waals surface area contributed by atoms with Gasteiger partial charge in [0.1, 0.15) is 0 Å². The third-order valence-electron chi connectivity index (χ3n) is 5.25. The van der Waals surface area contributed by atoms with E-state index < -0.39 is 0 Å². The van der Waals surface area contributed by atoms with E-state index in [0.717, 1.165) is 38.4 Å². The number of fused-ring (bicyclic) bond motifs is 7. The standard InChI is InChI=1S/C25H20N6O/c1-3-13-31(14-4-2)25(32)28-16-9-10-19-20(15-16)30-24-18-8-6-12-27-22(18)21-17(23(24)29-19)7-5-11-26-21/h3-12,15H,1-2,13-14H2,(H,28,32). The van der Waals surface area contributed by atoms with Gasteiger partial charge in [-0.2, -0.15) is 0 Å². The molecule has 7 heteroatoms. The number of hydrogen-bond donors (Lipinski definition) is 1. The lowest BCUT2D eigenvalue weighted by Crippen LogP contribution is -2.35. The Morgan fingerprint density at radius 2 is 1.44 bits per heavy atom. The van der Waals surface area contributed by atoms with E-state index in [9.17, 15) is 4.79 Å². The van der Waals surface area contributed by atoms with E-state index in [1.54, 1.807) is 29.4 Å². The van der Waals surface area contributed by atoms with Crippen molar-refractivity contribution in [3.63, 3.8) is 0 Å². The van der Waals surface area contributed by atoms with Gasteiger partial charge >= 0.3 is 6.03 Å². The lowest BCUT2D eigenvalue weighted by atomic mass is 10.1. The number of carbonyl (C=O) groups excluding carboxylic acids is 1. The highest BCUT2D eigenvalue weighted by Gasteiger charge is 2.15. The number of aromatic nitrogens is 4. The SMILES string of the molecule is C=CCN(CC=C)C(=O)Nc1ccc2nc3c4cccnc4c4ncccc4c3nc2c1. The van der Waals surface area contributed by atoms with Crippen molar-refractivity contribution in [2.24, 2.45) is 0 Å². The Morgan fingerprint density at radius 1 is 0.844 bits per heavy atom. The Balaban J connectivity index is 1.66. The molecule has 7 nitrogen and oxygen atoms in total. The van der Waals surface area contributed by atoms with Crippen LogP contribution in [0.4, 0.5) is 10.5 Å². The third-order valence-corrected chi connectivity index (χ3v) is 5.25. The van der Waals surface area contributed by atoms with Gasteiger partial charge in [0.15, 0.2) is 0 Å². The maximum Gasteiger partial charge on any atom is 0.322 e. The van der Waals surface area contributed by atoms with E-state index >= 15 is 0 Å². The Bertz CT molecular complexity index is 1520. The van der Waals surface area contributed by atoms with Crippen LogP contribution in [0, 0.1) is 0 Å². The minimum Gasteiger partial charge on any atom is -0.317 e. The number of hydrogen-bond acceptors (Lipinski definition) is 5. The van der Waals surface area contributed by atoms with Crippen LogP contribution >= 0.6 is 0 Å². The van der Waals surface area contributed by atoms with Crippen LogP contribution in [-0.4, -0.2) is 44.0 Å². The van der Waals surface area contributed by atoms with Gasteiger partial charge in [-0.25, -0.2) is 14.8 Å². The second-order valence-electron chi connectivity index (χ2n) is 7.34. The molecule has 5 aromatic rings. The topological polar surface area (TPSA) is 83.9 Å². The van der Waals surface area contributed by atoms with Crippen LogP contribution in [0.3, 0.4) is 0 Å². The van der Waals surface area contributed by atoms with Crippen molar-refractivity contribution < 1.29 is 4.79 Å². The molecule has 0 fully saturated rings. The molecule has 0 aliphatic rings. The van der Waals surface area contributed by atoms with Crippen LogP contribution in [-0.2, 0) is 0 Å². The Morgan fingerprint density at radius 3 is 2.03 bits per heavy atom. The average molecular weight is 420 g/mol. The molecule has 1 N–H and O–H groups in total. The fraction of sp³-hybridized carbons (Fsp3) is 0.0800. The minimum absolute atomic E-state index is 0.232. The molecule has 0 saturated carbocycles. The summed E-state index contributed by atoms with van der Waals surface area (Å²) in [7, 11) is 0. The molecule has 2 aromatic carbocycles. The zero-order valence-corrected chi connectivity index (χ0v) is 17.3. The summed E-state index contributed by atoms with van der Waals surface area (Å²) in [5, 5.41) is 4.72. The maximum atomic E-state index is 12.6. The van der Waals surface area contributed by atoms with Gasteiger partial charge < -0.3 is 10.2 Å².